The van der Waals surface area contributed by atoms with Crippen LogP contribution in [0, 0.1) is 0 Å². The van der Waals surface area contributed by atoms with E-state index < -0.39 is 18.1 Å². The monoisotopic (exact) mass is 431 g/mol. The second-order valence-electron chi connectivity index (χ2n) is 8.52. The third-order valence-corrected chi connectivity index (χ3v) is 4.74. The third-order valence-electron chi connectivity index (χ3n) is 4.74. The zero-order chi connectivity index (χ0) is 23.0. The molecule has 0 heterocycles. The third kappa shape index (κ3) is 14.3. The van der Waals surface area contributed by atoms with E-state index in [1.807, 2.05) is 6.92 Å². The molecule has 0 aliphatic carbocycles. The van der Waals surface area contributed by atoms with Crippen LogP contribution < -0.4 is 5.11 Å². The lowest BCUT2D eigenvalue weighted by Gasteiger charge is -2.34. The average Bonchev–Trinajstić information content (AvgIpc) is 2.65. The number of hydrogen-bond acceptors (Lipinski definition) is 7. The lowest BCUT2D eigenvalue weighted by Crippen LogP contribution is -2.55. The highest BCUT2D eigenvalue weighted by atomic mass is 16.6. The molecule has 0 bridgehead atoms. The lowest BCUT2D eigenvalue weighted by atomic mass is 10.1. The summed E-state index contributed by atoms with van der Waals surface area (Å²) < 4.78 is 16.4. The molecule has 0 rings (SSSR count). The molecule has 0 saturated carbocycles. The van der Waals surface area contributed by atoms with Crippen LogP contribution in [-0.4, -0.2) is 75.5 Å². The summed E-state index contributed by atoms with van der Waals surface area (Å²) >= 11 is 0. The molecule has 2 unspecified atom stereocenters. The zero-order valence-electron chi connectivity index (χ0n) is 19.4. The van der Waals surface area contributed by atoms with Gasteiger partial charge in [0.1, 0.15) is 12.6 Å². The molecule has 2 atom stereocenters. The van der Waals surface area contributed by atoms with E-state index in [1.165, 1.54) is 0 Å². The minimum Gasteiger partial charge on any atom is -0.544 e. The van der Waals surface area contributed by atoms with Crippen LogP contribution in [0.4, 0.5) is 0 Å². The van der Waals surface area contributed by atoms with Crippen LogP contribution in [0.3, 0.4) is 0 Å². The van der Waals surface area contributed by atoms with Crippen LogP contribution in [-0.2, 0) is 28.6 Å². The quantitative estimate of drug-likeness (QED) is 0.185. The normalized spacial score (nSPS) is 13.5. The Morgan fingerprint density at radius 2 is 1.50 bits per heavy atom. The van der Waals surface area contributed by atoms with Crippen LogP contribution in [0.1, 0.15) is 71.6 Å². The highest BCUT2D eigenvalue weighted by Crippen LogP contribution is 2.09. The van der Waals surface area contributed by atoms with Crippen molar-refractivity contribution < 1.29 is 38.2 Å². The Balaban J connectivity index is 4.57. The molecular weight excluding hydrogens is 390 g/mol. The molecule has 0 radical (unpaired) electrons. The van der Waals surface area contributed by atoms with Gasteiger partial charge in [-0.25, -0.2) is 0 Å². The van der Waals surface area contributed by atoms with E-state index in [-0.39, 0.29) is 42.7 Å². The van der Waals surface area contributed by atoms with E-state index in [0.29, 0.717) is 12.8 Å². The fraction of sp³-hybridized carbons (Fsp3) is 0.864. The number of ether oxygens (including phenoxy) is 3. The van der Waals surface area contributed by atoms with Crippen molar-refractivity contribution in [2.24, 2.45) is 0 Å². The molecule has 0 N–H and O–H groups in total. The number of carbonyl (C=O) groups excluding carboxylic acids is 3. The van der Waals surface area contributed by atoms with Gasteiger partial charge in [0.05, 0.1) is 40.3 Å². The molecule has 0 fully saturated rings. The number of nitrogens with zero attached hydrogens (tertiary/aromatic N) is 1. The van der Waals surface area contributed by atoms with Crippen LogP contribution in [0.15, 0.2) is 0 Å². The summed E-state index contributed by atoms with van der Waals surface area (Å²) in [5.74, 6) is -1.81. The molecule has 0 spiro atoms. The number of quaternary nitrogens is 1. The van der Waals surface area contributed by atoms with Crippen molar-refractivity contribution >= 4 is 17.9 Å². The SMILES string of the molecule is CCCCCCC(=O)OC(COCCC(C(=O)[O-])[N+](C)(C)C)COC(=O)CCCC. The van der Waals surface area contributed by atoms with Gasteiger partial charge in [0.15, 0.2) is 6.10 Å². The first-order chi connectivity index (χ1) is 14.1. The van der Waals surface area contributed by atoms with Crippen molar-refractivity contribution in [1.82, 2.24) is 0 Å². The Bertz CT molecular complexity index is 502. The molecule has 0 aliphatic heterocycles. The predicted molar refractivity (Wildman–Crippen MR) is 111 cm³/mol. The molecule has 0 aromatic rings. The Hall–Kier alpha value is -1.67. The van der Waals surface area contributed by atoms with E-state index in [2.05, 4.69) is 6.92 Å². The first kappa shape index (κ1) is 28.3. The van der Waals surface area contributed by atoms with Crippen LogP contribution in [0.2, 0.25) is 0 Å². The first-order valence-corrected chi connectivity index (χ1v) is 11.1. The number of likely N-dealkylation sites (N-methyl/N-ethyl adjacent to an activating group) is 1. The number of carbonyl (C=O) groups is 3. The molecule has 0 aliphatic rings. The highest BCUT2D eigenvalue weighted by Gasteiger charge is 2.25. The zero-order valence-corrected chi connectivity index (χ0v) is 19.4. The summed E-state index contributed by atoms with van der Waals surface area (Å²) in [5, 5.41) is 11.3. The molecule has 0 aromatic carbocycles. The van der Waals surface area contributed by atoms with Crippen molar-refractivity contribution in [3.8, 4) is 0 Å². The summed E-state index contributed by atoms with van der Waals surface area (Å²) in [6, 6.07) is -0.712. The van der Waals surface area contributed by atoms with Gasteiger partial charge < -0.3 is 28.6 Å². The maximum atomic E-state index is 12.1. The molecular formula is C22H41NO7. The van der Waals surface area contributed by atoms with Crippen molar-refractivity contribution in [3.63, 3.8) is 0 Å². The highest BCUT2D eigenvalue weighted by molar-refractivity contribution is 5.70. The fourth-order valence-corrected chi connectivity index (χ4v) is 2.87. The van der Waals surface area contributed by atoms with Gasteiger partial charge in [-0.2, -0.15) is 0 Å². The smallest absolute Gasteiger partial charge is 0.306 e. The van der Waals surface area contributed by atoms with Gasteiger partial charge in [-0.1, -0.05) is 39.5 Å². The van der Waals surface area contributed by atoms with Gasteiger partial charge in [0.25, 0.3) is 0 Å². The summed E-state index contributed by atoms with van der Waals surface area (Å²) in [5.41, 5.74) is 0. The number of carboxylic acid groups (broad SMARTS) is 1. The van der Waals surface area contributed by atoms with E-state index in [9.17, 15) is 19.5 Å². The van der Waals surface area contributed by atoms with Gasteiger partial charge in [0, 0.05) is 19.3 Å². The summed E-state index contributed by atoms with van der Waals surface area (Å²) in [7, 11) is 5.33. The van der Waals surface area contributed by atoms with E-state index in [0.717, 1.165) is 38.5 Å². The van der Waals surface area contributed by atoms with E-state index in [4.69, 9.17) is 14.2 Å². The van der Waals surface area contributed by atoms with E-state index >= 15 is 0 Å². The van der Waals surface area contributed by atoms with Gasteiger partial charge in [-0.05, 0) is 12.8 Å². The van der Waals surface area contributed by atoms with E-state index in [1.54, 1.807) is 21.1 Å². The lowest BCUT2D eigenvalue weighted by molar-refractivity contribution is -0.889. The molecule has 8 heteroatoms. The van der Waals surface area contributed by atoms with Crippen molar-refractivity contribution in [3.05, 3.63) is 0 Å². The summed E-state index contributed by atoms with van der Waals surface area (Å²) in [6.07, 6.45) is 5.70. The van der Waals surface area contributed by atoms with Crippen LogP contribution >= 0.6 is 0 Å². The fourth-order valence-electron chi connectivity index (χ4n) is 2.87. The molecule has 30 heavy (non-hydrogen) atoms. The van der Waals surface area contributed by atoms with Gasteiger partial charge in [-0.3, -0.25) is 9.59 Å². The Morgan fingerprint density at radius 3 is 2.07 bits per heavy atom. The molecule has 176 valence electrons. The van der Waals surface area contributed by atoms with Gasteiger partial charge in [0.2, 0.25) is 0 Å². The standard InChI is InChI=1S/C22H41NO7/c1-6-8-10-11-13-21(25)30-18(17-29-20(24)12-9-7-2)16-28-15-14-19(22(26)27)23(3,4)5/h18-19H,6-17H2,1-5H3. The Morgan fingerprint density at radius 1 is 0.867 bits per heavy atom. The summed E-state index contributed by atoms with van der Waals surface area (Å²) in [4.78, 5) is 35.2. The molecule has 0 aromatic heterocycles. The topological polar surface area (TPSA) is 102 Å². The molecule has 0 saturated heterocycles. The number of unbranched alkanes of at least 4 members (excludes halogenated alkanes) is 4. The maximum Gasteiger partial charge on any atom is 0.306 e. The maximum absolute atomic E-state index is 12.1. The number of carboxylic acids is 1. The number of rotatable bonds is 18. The largest absolute Gasteiger partial charge is 0.544 e. The summed E-state index contributed by atoms with van der Waals surface area (Å²) in [6.45, 7) is 4.23. The Labute approximate surface area is 181 Å². The number of esters is 2. The first-order valence-electron chi connectivity index (χ1n) is 11.1. The molecule has 8 nitrogen and oxygen atoms in total. The average molecular weight is 432 g/mol. The second kappa shape index (κ2) is 16.1. The van der Waals surface area contributed by atoms with Gasteiger partial charge in [-0.15, -0.1) is 0 Å². The van der Waals surface area contributed by atoms with Gasteiger partial charge >= 0.3 is 11.9 Å². The van der Waals surface area contributed by atoms with Crippen molar-refractivity contribution in [2.75, 3.05) is 41.0 Å². The minimum atomic E-state index is -1.13. The second-order valence-corrected chi connectivity index (χ2v) is 8.52. The molecule has 0 amide bonds. The van der Waals surface area contributed by atoms with Crippen LogP contribution in [0.25, 0.3) is 0 Å². The predicted octanol–water partition coefficient (Wildman–Crippen LogP) is 1.83. The number of hydrogen-bond donors (Lipinski definition) is 0. The van der Waals surface area contributed by atoms with Crippen molar-refractivity contribution in [2.45, 2.75) is 83.8 Å². The van der Waals surface area contributed by atoms with Crippen LogP contribution in [0.5, 0.6) is 0 Å². The Kier molecular flexibility index (Phi) is 15.2. The van der Waals surface area contributed by atoms with Crippen molar-refractivity contribution in [1.29, 1.82) is 0 Å². The minimum absolute atomic E-state index is 0.0403. The number of aliphatic carboxylic acids is 1.